The molecule has 0 bridgehead atoms. The molecule has 1 fully saturated rings. The molecule has 1 aliphatic rings. The molecule has 172 valence electrons. The van der Waals surface area contributed by atoms with Gasteiger partial charge in [-0.05, 0) is 43.5 Å². The van der Waals surface area contributed by atoms with Gasteiger partial charge in [-0.1, -0.05) is 24.3 Å². The normalized spacial score (nSPS) is 14.0. The fourth-order valence-corrected chi connectivity index (χ4v) is 3.87. The zero-order valence-corrected chi connectivity index (χ0v) is 19.1. The highest BCUT2D eigenvalue weighted by Gasteiger charge is 2.27. The van der Waals surface area contributed by atoms with Crippen molar-refractivity contribution in [1.82, 2.24) is 9.80 Å². The largest absolute Gasteiger partial charge is 0.496 e. The lowest BCUT2D eigenvalue weighted by atomic mass is 10.1. The predicted octanol–water partition coefficient (Wildman–Crippen LogP) is 3.55. The third kappa shape index (κ3) is 5.72. The highest BCUT2D eigenvalue weighted by Crippen LogP contribution is 2.30. The van der Waals surface area contributed by atoms with Crippen LogP contribution in [0.3, 0.4) is 0 Å². The van der Waals surface area contributed by atoms with E-state index in [0.29, 0.717) is 62.7 Å². The Morgan fingerprint density at radius 1 is 0.844 bits per heavy atom. The van der Waals surface area contributed by atoms with Crippen molar-refractivity contribution < 1.29 is 23.8 Å². The molecule has 7 nitrogen and oxygen atoms in total. The first kappa shape index (κ1) is 23.4. The quantitative estimate of drug-likeness (QED) is 0.588. The van der Waals surface area contributed by atoms with Crippen LogP contribution in [-0.4, -0.2) is 68.6 Å². The van der Waals surface area contributed by atoms with Crippen LogP contribution in [0.2, 0.25) is 0 Å². The molecule has 0 aromatic heterocycles. The highest BCUT2D eigenvalue weighted by atomic mass is 16.5. The molecule has 0 atom stereocenters. The van der Waals surface area contributed by atoms with Crippen molar-refractivity contribution in [2.45, 2.75) is 26.2 Å². The summed E-state index contributed by atoms with van der Waals surface area (Å²) in [6.07, 6.45) is 1.82. The number of aryl methyl sites for hydroxylation is 1. The minimum atomic E-state index is -0.139. The minimum absolute atomic E-state index is 0.0996. The maximum Gasteiger partial charge on any atom is 0.261 e. The fourth-order valence-electron chi connectivity index (χ4n) is 3.87. The number of methoxy groups -OCH3 is 2. The third-order valence-electron chi connectivity index (χ3n) is 5.66. The second-order valence-electron chi connectivity index (χ2n) is 7.78. The van der Waals surface area contributed by atoms with E-state index >= 15 is 0 Å². The van der Waals surface area contributed by atoms with Crippen molar-refractivity contribution in [2.24, 2.45) is 0 Å². The summed E-state index contributed by atoms with van der Waals surface area (Å²) in [6.45, 7) is 4.73. The summed E-state index contributed by atoms with van der Waals surface area (Å²) in [6, 6.07) is 13.2. The highest BCUT2D eigenvalue weighted by molar-refractivity contribution is 5.99. The van der Waals surface area contributed by atoms with Crippen molar-refractivity contribution in [3.63, 3.8) is 0 Å². The third-order valence-corrected chi connectivity index (χ3v) is 5.66. The Hall–Kier alpha value is -3.22. The molecule has 0 N–H and O–H groups in total. The van der Waals surface area contributed by atoms with Crippen molar-refractivity contribution >= 4 is 11.8 Å². The van der Waals surface area contributed by atoms with Gasteiger partial charge in [-0.2, -0.15) is 0 Å². The second-order valence-corrected chi connectivity index (χ2v) is 7.78. The lowest BCUT2D eigenvalue weighted by Crippen LogP contribution is -2.37. The smallest absolute Gasteiger partial charge is 0.261 e. The van der Waals surface area contributed by atoms with Gasteiger partial charge < -0.3 is 24.0 Å². The van der Waals surface area contributed by atoms with Crippen LogP contribution in [0.1, 0.15) is 35.2 Å². The lowest BCUT2D eigenvalue weighted by molar-refractivity contribution is -0.131. The van der Waals surface area contributed by atoms with Gasteiger partial charge >= 0.3 is 0 Å². The fraction of sp³-hybridized carbons (Fsp3) is 0.440. The average molecular weight is 441 g/mol. The molecule has 3 rings (SSSR count). The van der Waals surface area contributed by atoms with E-state index in [0.717, 1.165) is 17.7 Å². The maximum atomic E-state index is 13.2. The summed E-state index contributed by atoms with van der Waals surface area (Å²) in [5.41, 5.74) is 1.51. The van der Waals surface area contributed by atoms with Crippen LogP contribution in [0.25, 0.3) is 0 Å². The Morgan fingerprint density at radius 3 is 2.16 bits per heavy atom. The number of para-hydroxylation sites is 1. The number of carbonyl (C=O) groups is 2. The molecule has 1 saturated heterocycles. The van der Waals surface area contributed by atoms with E-state index in [-0.39, 0.29) is 11.8 Å². The van der Waals surface area contributed by atoms with Crippen molar-refractivity contribution in [2.75, 3.05) is 47.0 Å². The first-order valence-corrected chi connectivity index (χ1v) is 11.0. The van der Waals surface area contributed by atoms with Gasteiger partial charge in [-0.25, -0.2) is 0 Å². The molecule has 1 aliphatic heterocycles. The number of hydrogen-bond donors (Lipinski definition) is 0. The van der Waals surface area contributed by atoms with Crippen LogP contribution >= 0.6 is 0 Å². The SMILES string of the molecule is COc1cccc(OC)c1C(=O)N1CCCN(C(=O)CCCOc2ccccc2C)CC1. The molecule has 0 unspecified atom stereocenters. The van der Waals surface area contributed by atoms with Gasteiger partial charge in [-0.3, -0.25) is 9.59 Å². The summed E-state index contributed by atoms with van der Waals surface area (Å²) in [7, 11) is 3.08. The average Bonchev–Trinajstić information content (AvgIpc) is 3.08. The van der Waals surface area contributed by atoms with Crippen molar-refractivity contribution in [1.29, 1.82) is 0 Å². The molecule has 2 aromatic rings. The van der Waals surface area contributed by atoms with E-state index in [1.807, 2.05) is 36.1 Å². The van der Waals surface area contributed by atoms with Crippen LogP contribution in [0, 0.1) is 6.92 Å². The van der Waals surface area contributed by atoms with E-state index in [1.165, 1.54) is 14.2 Å². The molecule has 0 saturated carbocycles. The molecular formula is C25H32N2O5. The van der Waals surface area contributed by atoms with Crippen LogP contribution in [0.5, 0.6) is 17.2 Å². The number of hydrogen-bond acceptors (Lipinski definition) is 5. The van der Waals surface area contributed by atoms with E-state index in [4.69, 9.17) is 14.2 Å². The zero-order chi connectivity index (χ0) is 22.9. The summed E-state index contributed by atoms with van der Waals surface area (Å²) in [5, 5.41) is 0. The molecule has 0 spiro atoms. The monoisotopic (exact) mass is 440 g/mol. The van der Waals surface area contributed by atoms with Gasteiger partial charge in [-0.15, -0.1) is 0 Å². The second kappa shape index (κ2) is 11.4. The minimum Gasteiger partial charge on any atom is -0.496 e. The number of benzene rings is 2. The molecule has 2 amide bonds. The molecule has 2 aromatic carbocycles. The van der Waals surface area contributed by atoms with Crippen LogP contribution < -0.4 is 14.2 Å². The molecule has 1 heterocycles. The van der Waals surface area contributed by atoms with Gasteiger partial charge in [0.2, 0.25) is 5.91 Å². The van der Waals surface area contributed by atoms with E-state index in [1.54, 1.807) is 23.1 Å². The molecule has 7 heteroatoms. The molecule has 0 aliphatic carbocycles. The predicted molar refractivity (Wildman–Crippen MR) is 123 cm³/mol. The van der Waals surface area contributed by atoms with E-state index < -0.39 is 0 Å². The van der Waals surface area contributed by atoms with Crippen molar-refractivity contribution in [3.05, 3.63) is 53.6 Å². The number of amides is 2. The van der Waals surface area contributed by atoms with Crippen molar-refractivity contribution in [3.8, 4) is 17.2 Å². The number of rotatable bonds is 8. The first-order valence-electron chi connectivity index (χ1n) is 11.0. The van der Waals surface area contributed by atoms with Crippen LogP contribution in [-0.2, 0) is 4.79 Å². The van der Waals surface area contributed by atoms with Gasteiger partial charge in [0, 0.05) is 32.6 Å². The Morgan fingerprint density at radius 2 is 1.47 bits per heavy atom. The summed E-state index contributed by atoms with van der Waals surface area (Å²) < 4.78 is 16.6. The van der Waals surface area contributed by atoms with Crippen LogP contribution in [0.15, 0.2) is 42.5 Å². The van der Waals surface area contributed by atoms with E-state index in [9.17, 15) is 9.59 Å². The summed E-state index contributed by atoms with van der Waals surface area (Å²) >= 11 is 0. The number of carbonyl (C=O) groups excluding carboxylic acids is 2. The van der Waals surface area contributed by atoms with Gasteiger partial charge in [0.1, 0.15) is 22.8 Å². The Balaban J connectivity index is 1.52. The molecule has 32 heavy (non-hydrogen) atoms. The summed E-state index contributed by atoms with van der Waals surface area (Å²) in [4.78, 5) is 29.5. The maximum absolute atomic E-state index is 13.2. The molecule has 0 radical (unpaired) electrons. The van der Waals surface area contributed by atoms with Gasteiger partial charge in [0.15, 0.2) is 0 Å². The number of ether oxygens (including phenoxy) is 3. The Kier molecular flexibility index (Phi) is 8.36. The van der Waals surface area contributed by atoms with Crippen LogP contribution in [0.4, 0.5) is 0 Å². The zero-order valence-electron chi connectivity index (χ0n) is 19.1. The lowest BCUT2D eigenvalue weighted by Gasteiger charge is -2.23. The van der Waals surface area contributed by atoms with Gasteiger partial charge in [0.05, 0.1) is 20.8 Å². The Bertz CT molecular complexity index is 908. The molecular weight excluding hydrogens is 408 g/mol. The first-order chi connectivity index (χ1) is 15.5. The van der Waals surface area contributed by atoms with Gasteiger partial charge in [0.25, 0.3) is 5.91 Å². The Labute approximate surface area is 189 Å². The summed E-state index contributed by atoms with van der Waals surface area (Å²) in [5.74, 6) is 1.79. The standard InChI is InChI=1S/C25H32N2O5/c1-19-9-4-5-10-20(19)32-18-7-13-23(28)26-14-8-15-27(17-16-26)25(29)24-21(30-2)11-6-12-22(24)31-3/h4-6,9-12H,7-8,13-18H2,1-3H3. The topological polar surface area (TPSA) is 68.3 Å². The number of nitrogens with zero attached hydrogens (tertiary/aromatic N) is 2. The van der Waals surface area contributed by atoms with E-state index in [2.05, 4.69) is 0 Å².